The Bertz CT molecular complexity index is 1430. The first-order chi connectivity index (χ1) is 18.2. The minimum absolute atomic E-state index is 0.121. The molecule has 2 amide bonds. The molecule has 1 aliphatic rings. The molecule has 3 aromatic carbocycles. The number of carbonyl (C=O) groups excluding carboxylic acids is 4. The van der Waals surface area contributed by atoms with Crippen molar-refractivity contribution in [2.24, 2.45) is 0 Å². The van der Waals surface area contributed by atoms with Gasteiger partial charge in [-0.25, -0.2) is 14.5 Å². The third-order valence-corrected chi connectivity index (χ3v) is 5.74. The highest BCUT2D eigenvalue weighted by Gasteiger charge is 2.39. The SMILES string of the molecule is COc1ccccc1OC(=O)c1ccc(NC2=C(Cl)C(=O)N(c3ccc(C(=O)OC(C)C)cc3)C2=O)cc1. The van der Waals surface area contributed by atoms with Gasteiger partial charge in [0.25, 0.3) is 11.8 Å². The van der Waals surface area contributed by atoms with Crippen LogP contribution in [0.5, 0.6) is 11.5 Å². The van der Waals surface area contributed by atoms with Gasteiger partial charge in [0.05, 0.1) is 30.0 Å². The van der Waals surface area contributed by atoms with Crippen molar-refractivity contribution in [3.05, 3.63) is 94.7 Å². The standard InChI is InChI=1S/C28H23ClN2O7/c1-16(2)37-27(34)18-10-14-20(15-11-18)31-25(32)23(29)24(26(31)33)30-19-12-8-17(9-13-19)28(35)38-22-7-5-4-6-21(22)36-3/h4-16,30H,1-3H3. The van der Waals surface area contributed by atoms with Crippen LogP contribution in [0.1, 0.15) is 34.6 Å². The van der Waals surface area contributed by atoms with Crippen LogP contribution in [-0.4, -0.2) is 37.0 Å². The zero-order chi connectivity index (χ0) is 27.4. The van der Waals surface area contributed by atoms with Crippen LogP contribution in [0.2, 0.25) is 0 Å². The van der Waals surface area contributed by atoms with Crippen LogP contribution in [0.4, 0.5) is 11.4 Å². The largest absolute Gasteiger partial charge is 0.493 e. The van der Waals surface area contributed by atoms with Gasteiger partial charge in [-0.1, -0.05) is 23.7 Å². The van der Waals surface area contributed by atoms with Gasteiger partial charge < -0.3 is 19.5 Å². The van der Waals surface area contributed by atoms with E-state index in [4.69, 9.17) is 25.8 Å². The lowest BCUT2D eigenvalue weighted by Gasteiger charge is -2.16. The van der Waals surface area contributed by atoms with E-state index in [9.17, 15) is 19.2 Å². The monoisotopic (exact) mass is 534 g/mol. The first-order valence-electron chi connectivity index (χ1n) is 11.5. The van der Waals surface area contributed by atoms with Crippen LogP contribution in [0, 0.1) is 0 Å². The summed E-state index contributed by atoms with van der Waals surface area (Å²) in [5, 5.41) is 2.55. The summed E-state index contributed by atoms with van der Waals surface area (Å²) >= 11 is 6.20. The van der Waals surface area contributed by atoms with E-state index < -0.39 is 23.8 Å². The number of para-hydroxylation sites is 2. The summed E-state index contributed by atoms with van der Waals surface area (Å²) in [6.45, 7) is 3.47. The molecule has 0 radical (unpaired) electrons. The molecule has 0 spiro atoms. The topological polar surface area (TPSA) is 111 Å². The van der Waals surface area contributed by atoms with Crippen LogP contribution in [-0.2, 0) is 14.3 Å². The van der Waals surface area contributed by atoms with Crippen molar-refractivity contribution in [1.82, 2.24) is 0 Å². The number of nitrogens with one attached hydrogen (secondary N) is 1. The molecule has 1 heterocycles. The molecule has 38 heavy (non-hydrogen) atoms. The number of anilines is 2. The van der Waals surface area contributed by atoms with Crippen molar-refractivity contribution in [2.45, 2.75) is 20.0 Å². The second kappa shape index (κ2) is 11.2. The Hall–Kier alpha value is -4.63. The van der Waals surface area contributed by atoms with Crippen molar-refractivity contribution >= 4 is 46.7 Å². The molecule has 0 saturated heterocycles. The van der Waals surface area contributed by atoms with Gasteiger partial charge in [0.1, 0.15) is 10.7 Å². The normalized spacial score (nSPS) is 13.1. The maximum Gasteiger partial charge on any atom is 0.343 e. The third-order valence-electron chi connectivity index (χ3n) is 5.39. The zero-order valence-corrected chi connectivity index (χ0v) is 21.4. The van der Waals surface area contributed by atoms with Gasteiger partial charge in [-0.3, -0.25) is 9.59 Å². The predicted molar refractivity (Wildman–Crippen MR) is 140 cm³/mol. The molecule has 0 fully saturated rings. The number of halogens is 1. The lowest BCUT2D eigenvalue weighted by Crippen LogP contribution is -2.32. The second-order valence-electron chi connectivity index (χ2n) is 8.38. The lowest BCUT2D eigenvalue weighted by atomic mass is 10.2. The molecule has 3 aromatic rings. The lowest BCUT2D eigenvalue weighted by molar-refractivity contribution is -0.120. The molecule has 0 saturated carbocycles. The fourth-order valence-electron chi connectivity index (χ4n) is 3.57. The maximum atomic E-state index is 13.1. The molecule has 194 valence electrons. The summed E-state index contributed by atoms with van der Waals surface area (Å²) in [4.78, 5) is 51.3. The number of benzene rings is 3. The number of hydrogen-bond donors (Lipinski definition) is 1. The number of methoxy groups -OCH3 is 1. The number of hydrogen-bond acceptors (Lipinski definition) is 8. The molecule has 0 unspecified atom stereocenters. The van der Waals surface area contributed by atoms with Crippen molar-refractivity contribution < 1.29 is 33.4 Å². The summed E-state index contributed by atoms with van der Waals surface area (Å²) in [7, 11) is 1.47. The number of ether oxygens (including phenoxy) is 3. The van der Waals surface area contributed by atoms with Crippen LogP contribution in [0.25, 0.3) is 0 Å². The quantitative estimate of drug-likeness (QED) is 0.246. The molecule has 1 aliphatic heterocycles. The Balaban J connectivity index is 1.45. The summed E-state index contributed by atoms with van der Waals surface area (Å²) < 4.78 is 15.7. The second-order valence-corrected chi connectivity index (χ2v) is 8.76. The fourth-order valence-corrected chi connectivity index (χ4v) is 3.78. The molecule has 0 bridgehead atoms. The van der Waals surface area contributed by atoms with E-state index in [2.05, 4.69) is 5.32 Å². The molecule has 1 N–H and O–H groups in total. The number of esters is 2. The summed E-state index contributed by atoms with van der Waals surface area (Å²) in [5.74, 6) is -1.80. The molecule has 0 aliphatic carbocycles. The number of nitrogens with zero attached hydrogens (tertiary/aromatic N) is 1. The smallest absolute Gasteiger partial charge is 0.343 e. The highest BCUT2D eigenvalue weighted by molar-refractivity contribution is 6.53. The van der Waals surface area contributed by atoms with E-state index in [1.54, 1.807) is 50.2 Å². The van der Waals surface area contributed by atoms with Crippen LogP contribution < -0.4 is 19.7 Å². The van der Waals surface area contributed by atoms with Crippen molar-refractivity contribution in [1.29, 1.82) is 0 Å². The van der Waals surface area contributed by atoms with E-state index in [0.29, 0.717) is 11.4 Å². The van der Waals surface area contributed by atoms with Gasteiger partial charge in [0.15, 0.2) is 11.5 Å². The van der Waals surface area contributed by atoms with Crippen LogP contribution in [0.15, 0.2) is 83.5 Å². The van der Waals surface area contributed by atoms with Gasteiger partial charge in [-0.15, -0.1) is 0 Å². The van der Waals surface area contributed by atoms with Crippen LogP contribution in [0.3, 0.4) is 0 Å². The van der Waals surface area contributed by atoms with E-state index in [1.807, 2.05) is 0 Å². The maximum absolute atomic E-state index is 13.1. The molecule has 0 atom stereocenters. The Labute approximate surface area is 223 Å². The number of carbonyl (C=O) groups is 4. The molecule has 4 rings (SSSR count). The molecule has 10 heteroatoms. The van der Waals surface area contributed by atoms with E-state index in [1.165, 1.54) is 43.5 Å². The van der Waals surface area contributed by atoms with E-state index in [0.717, 1.165) is 4.90 Å². The van der Waals surface area contributed by atoms with E-state index >= 15 is 0 Å². The van der Waals surface area contributed by atoms with Gasteiger partial charge in [0.2, 0.25) is 0 Å². The summed E-state index contributed by atoms with van der Waals surface area (Å²) in [5.41, 5.74) is 1.08. The Kier molecular flexibility index (Phi) is 7.78. The van der Waals surface area contributed by atoms with Crippen molar-refractivity contribution in [2.75, 3.05) is 17.3 Å². The summed E-state index contributed by atoms with van der Waals surface area (Å²) in [6, 6.07) is 18.7. The Morgan fingerprint density at radius 3 is 2.00 bits per heavy atom. The first kappa shape index (κ1) is 26.4. The minimum Gasteiger partial charge on any atom is -0.493 e. The van der Waals surface area contributed by atoms with Gasteiger partial charge in [-0.05, 0) is 74.5 Å². The van der Waals surface area contributed by atoms with E-state index in [-0.39, 0.29) is 39.4 Å². The average Bonchev–Trinajstić information content (AvgIpc) is 3.12. The summed E-state index contributed by atoms with van der Waals surface area (Å²) in [6.07, 6.45) is -0.285. The minimum atomic E-state index is -0.714. The third kappa shape index (κ3) is 5.52. The van der Waals surface area contributed by atoms with Crippen LogP contribution >= 0.6 is 11.6 Å². The zero-order valence-electron chi connectivity index (χ0n) is 20.7. The Morgan fingerprint density at radius 1 is 0.816 bits per heavy atom. The Morgan fingerprint density at radius 2 is 1.39 bits per heavy atom. The molecule has 9 nitrogen and oxygen atoms in total. The number of amides is 2. The number of imide groups is 1. The molecular weight excluding hydrogens is 512 g/mol. The van der Waals surface area contributed by atoms with Gasteiger partial charge >= 0.3 is 11.9 Å². The molecule has 0 aromatic heterocycles. The van der Waals surface area contributed by atoms with Gasteiger partial charge in [0, 0.05) is 5.69 Å². The average molecular weight is 535 g/mol. The first-order valence-corrected chi connectivity index (χ1v) is 11.9. The molecular formula is C28H23ClN2O7. The number of rotatable bonds is 8. The van der Waals surface area contributed by atoms with Gasteiger partial charge in [-0.2, -0.15) is 0 Å². The predicted octanol–water partition coefficient (Wildman–Crippen LogP) is 4.92. The highest BCUT2D eigenvalue weighted by Crippen LogP contribution is 2.31. The highest BCUT2D eigenvalue weighted by atomic mass is 35.5. The van der Waals surface area contributed by atoms with Crippen molar-refractivity contribution in [3.63, 3.8) is 0 Å². The van der Waals surface area contributed by atoms with Crippen molar-refractivity contribution in [3.8, 4) is 11.5 Å². The fraction of sp³-hybridized carbons (Fsp3) is 0.143.